The largest absolute Gasteiger partial charge is 0.324 e. The average molecular weight is 169 g/mol. The van der Waals surface area contributed by atoms with E-state index in [1.807, 2.05) is 0 Å². The molecule has 0 aromatic carbocycles. The van der Waals surface area contributed by atoms with Crippen LogP contribution in [0.2, 0.25) is 0 Å². The zero-order chi connectivity index (χ0) is 8.97. The van der Waals surface area contributed by atoms with Crippen molar-refractivity contribution in [1.82, 2.24) is 0 Å². The minimum atomic E-state index is 0.237. The highest BCUT2D eigenvalue weighted by Gasteiger charge is 2.28. The molecule has 0 radical (unpaired) electrons. The summed E-state index contributed by atoms with van der Waals surface area (Å²) in [7, 11) is 0. The summed E-state index contributed by atoms with van der Waals surface area (Å²) in [5, 5.41) is 0. The number of hydrogen-bond acceptors (Lipinski definition) is 2. The van der Waals surface area contributed by atoms with Crippen molar-refractivity contribution < 1.29 is 4.79 Å². The summed E-state index contributed by atoms with van der Waals surface area (Å²) in [5.74, 6) is 1.19. The molecule has 1 aliphatic carbocycles. The molecule has 0 bridgehead atoms. The lowest BCUT2D eigenvalue weighted by Gasteiger charge is -2.29. The van der Waals surface area contributed by atoms with Crippen molar-refractivity contribution in [3.8, 4) is 0 Å². The molecule has 0 aromatic heterocycles. The van der Waals surface area contributed by atoms with Crippen LogP contribution in [0.1, 0.15) is 39.0 Å². The van der Waals surface area contributed by atoms with Crippen LogP contribution in [0.4, 0.5) is 0 Å². The van der Waals surface area contributed by atoms with E-state index in [1.165, 1.54) is 19.3 Å². The highest BCUT2D eigenvalue weighted by Crippen LogP contribution is 2.32. The lowest BCUT2D eigenvalue weighted by molar-refractivity contribution is -0.124. The van der Waals surface area contributed by atoms with Crippen LogP contribution in [-0.2, 0) is 4.79 Å². The maximum absolute atomic E-state index is 11.4. The van der Waals surface area contributed by atoms with E-state index < -0.39 is 0 Å². The summed E-state index contributed by atoms with van der Waals surface area (Å²) in [6.45, 7) is 2.41. The third-order valence-corrected chi connectivity index (χ3v) is 3.05. The standard InChI is InChI=1S/C10H19NO/c1-2-8-5-3-4-6-9(8)10(12)7-11/h8-9H,2-7,11H2,1H3. The topological polar surface area (TPSA) is 43.1 Å². The summed E-state index contributed by atoms with van der Waals surface area (Å²) in [6, 6.07) is 0. The Balaban J connectivity index is 2.52. The number of carbonyl (C=O) groups excluding carboxylic acids is 1. The van der Waals surface area contributed by atoms with E-state index in [0.717, 1.165) is 12.8 Å². The molecule has 1 saturated carbocycles. The van der Waals surface area contributed by atoms with Crippen molar-refractivity contribution in [3.05, 3.63) is 0 Å². The zero-order valence-electron chi connectivity index (χ0n) is 7.88. The van der Waals surface area contributed by atoms with Gasteiger partial charge in [-0.05, 0) is 18.8 Å². The Bertz CT molecular complexity index is 156. The number of rotatable bonds is 3. The van der Waals surface area contributed by atoms with Crippen molar-refractivity contribution in [1.29, 1.82) is 0 Å². The van der Waals surface area contributed by atoms with Crippen molar-refractivity contribution in [2.24, 2.45) is 17.6 Å². The average Bonchev–Trinajstić information content (AvgIpc) is 2.16. The molecular weight excluding hydrogens is 150 g/mol. The van der Waals surface area contributed by atoms with Gasteiger partial charge in [-0.1, -0.05) is 26.2 Å². The van der Waals surface area contributed by atoms with E-state index in [1.54, 1.807) is 0 Å². The first-order valence-corrected chi connectivity index (χ1v) is 5.02. The second-order valence-corrected chi connectivity index (χ2v) is 3.73. The number of hydrogen-bond donors (Lipinski definition) is 1. The van der Waals surface area contributed by atoms with Gasteiger partial charge >= 0.3 is 0 Å². The van der Waals surface area contributed by atoms with Crippen molar-refractivity contribution in [2.45, 2.75) is 39.0 Å². The Morgan fingerprint density at radius 3 is 2.67 bits per heavy atom. The molecule has 1 fully saturated rings. The Hall–Kier alpha value is -0.370. The third-order valence-electron chi connectivity index (χ3n) is 3.05. The van der Waals surface area contributed by atoms with Crippen LogP contribution >= 0.6 is 0 Å². The molecule has 2 heteroatoms. The fourth-order valence-electron chi connectivity index (χ4n) is 2.27. The zero-order valence-corrected chi connectivity index (χ0v) is 7.88. The summed E-state index contributed by atoms with van der Waals surface area (Å²) < 4.78 is 0. The number of Topliss-reactive ketones (excluding diaryl/α,β-unsaturated/α-hetero) is 1. The smallest absolute Gasteiger partial charge is 0.149 e. The van der Waals surface area contributed by atoms with Gasteiger partial charge in [0.05, 0.1) is 6.54 Å². The minimum absolute atomic E-state index is 0.237. The number of ketones is 1. The number of carbonyl (C=O) groups is 1. The van der Waals surface area contributed by atoms with E-state index in [0.29, 0.717) is 5.92 Å². The molecule has 0 saturated heterocycles. The van der Waals surface area contributed by atoms with Crippen molar-refractivity contribution in [2.75, 3.05) is 6.54 Å². The van der Waals surface area contributed by atoms with Crippen LogP contribution in [0.5, 0.6) is 0 Å². The molecule has 0 aliphatic heterocycles. The van der Waals surface area contributed by atoms with Crippen molar-refractivity contribution >= 4 is 5.78 Å². The molecule has 2 atom stereocenters. The molecule has 0 aromatic rings. The van der Waals surface area contributed by atoms with Crippen LogP contribution in [0.15, 0.2) is 0 Å². The van der Waals surface area contributed by atoms with Gasteiger partial charge in [0.15, 0.2) is 0 Å². The third kappa shape index (κ3) is 2.07. The predicted octanol–water partition coefficient (Wildman–Crippen LogP) is 1.73. The first kappa shape index (κ1) is 9.72. The quantitative estimate of drug-likeness (QED) is 0.699. The molecule has 0 heterocycles. The first-order chi connectivity index (χ1) is 5.79. The highest BCUT2D eigenvalue weighted by molar-refractivity contribution is 5.83. The molecule has 1 aliphatic rings. The Kier molecular flexibility index (Phi) is 3.73. The van der Waals surface area contributed by atoms with Crippen LogP contribution in [0.3, 0.4) is 0 Å². The Labute approximate surface area is 74.5 Å². The van der Waals surface area contributed by atoms with Crippen molar-refractivity contribution in [3.63, 3.8) is 0 Å². The molecule has 2 N–H and O–H groups in total. The van der Waals surface area contributed by atoms with E-state index >= 15 is 0 Å². The Morgan fingerprint density at radius 2 is 2.08 bits per heavy atom. The lowest BCUT2D eigenvalue weighted by Crippen LogP contribution is -2.31. The van der Waals surface area contributed by atoms with Gasteiger partial charge in [0.25, 0.3) is 0 Å². The second kappa shape index (κ2) is 4.61. The van der Waals surface area contributed by atoms with Crippen LogP contribution in [0, 0.1) is 11.8 Å². The van der Waals surface area contributed by atoms with Gasteiger partial charge in [-0.15, -0.1) is 0 Å². The summed E-state index contributed by atoms with van der Waals surface area (Å²) in [4.78, 5) is 11.4. The van der Waals surface area contributed by atoms with Gasteiger partial charge in [0, 0.05) is 5.92 Å². The van der Waals surface area contributed by atoms with E-state index in [-0.39, 0.29) is 18.2 Å². The highest BCUT2D eigenvalue weighted by atomic mass is 16.1. The van der Waals surface area contributed by atoms with E-state index in [2.05, 4.69) is 6.92 Å². The molecule has 2 unspecified atom stereocenters. The van der Waals surface area contributed by atoms with Gasteiger partial charge in [0.1, 0.15) is 5.78 Å². The van der Waals surface area contributed by atoms with Crippen LogP contribution in [0.25, 0.3) is 0 Å². The monoisotopic (exact) mass is 169 g/mol. The van der Waals surface area contributed by atoms with Gasteiger partial charge in [-0.3, -0.25) is 4.79 Å². The predicted molar refractivity (Wildman–Crippen MR) is 49.8 cm³/mol. The van der Waals surface area contributed by atoms with Gasteiger partial charge in [0.2, 0.25) is 0 Å². The normalized spacial score (nSPS) is 30.2. The van der Waals surface area contributed by atoms with Crippen LogP contribution in [-0.4, -0.2) is 12.3 Å². The summed E-state index contributed by atoms with van der Waals surface area (Å²) in [6.07, 6.45) is 5.96. The molecule has 1 rings (SSSR count). The maximum Gasteiger partial charge on any atom is 0.149 e. The molecule has 70 valence electrons. The summed E-state index contributed by atoms with van der Waals surface area (Å²) in [5.41, 5.74) is 5.37. The molecular formula is C10H19NO. The molecule has 12 heavy (non-hydrogen) atoms. The van der Waals surface area contributed by atoms with Crippen LogP contribution < -0.4 is 5.73 Å². The fraction of sp³-hybridized carbons (Fsp3) is 0.900. The Morgan fingerprint density at radius 1 is 1.42 bits per heavy atom. The molecule has 0 spiro atoms. The second-order valence-electron chi connectivity index (χ2n) is 3.73. The SMILES string of the molecule is CCC1CCCCC1C(=O)CN. The number of nitrogens with two attached hydrogens (primary N) is 1. The van der Waals surface area contributed by atoms with Gasteiger partial charge < -0.3 is 5.73 Å². The van der Waals surface area contributed by atoms with Gasteiger partial charge in [-0.25, -0.2) is 0 Å². The lowest BCUT2D eigenvalue weighted by atomic mass is 9.76. The molecule has 2 nitrogen and oxygen atoms in total. The van der Waals surface area contributed by atoms with E-state index in [4.69, 9.17) is 5.73 Å². The minimum Gasteiger partial charge on any atom is -0.324 e. The molecule has 0 amide bonds. The first-order valence-electron chi connectivity index (χ1n) is 5.02. The fourth-order valence-corrected chi connectivity index (χ4v) is 2.27. The van der Waals surface area contributed by atoms with E-state index in [9.17, 15) is 4.79 Å². The maximum atomic E-state index is 11.4. The van der Waals surface area contributed by atoms with Gasteiger partial charge in [-0.2, -0.15) is 0 Å². The summed E-state index contributed by atoms with van der Waals surface area (Å²) >= 11 is 0.